The molecule has 0 amide bonds. The van der Waals surface area contributed by atoms with E-state index < -0.39 is 6.10 Å². The monoisotopic (exact) mass is 415 g/mol. The van der Waals surface area contributed by atoms with Crippen LogP contribution in [0.15, 0.2) is 77.6 Å². The summed E-state index contributed by atoms with van der Waals surface area (Å²) >= 11 is 0. The van der Waals surface area contributed by atoms with E-state index in [2.05, 4.69) is 5.10 Å². The van der Waals surface area contributed by atoms with Crippen LogP contribution in [-0.2, 0) is 6.54 Å². The normalized spacial score (nSPS) is 11.8. The molecule has 0 spiro atoms. The molecule has 1 aromatic heterocycles. The van der Waals surface area contributed by atoms with Crippen LogP contribution < -0.4 is 10.3 Å². The number of ether oxygens (including phenoxy) is 1. The molecule has 0 bridgehead atoms. The van der Waals surface area contributed by atoms with Crippen molar-refractivity contribution in [2.24, 2.45) is 0 Å². The number of hydrogen-bond donors (Lipinski definition) is 1. The number of fused-ring (bicyclic) bond motifs is 1. The Kier molecular flexibility index (Phi) is 5.74. The van der Waals surface area contributed by atoms with Gasteiger partial charge in [0.15, 0.2) is 0 Å². The van der Waals surface area contributed by atoms with Crippen LogP contribution in [0.4, 0.5) is 4.39 Å². The molecule has 4 rings (SSSR count). The van der Waals surface area contributed by atoms with Crippen LogP contribution >= 0.6 is 0 Å². The molecule has 0 aliphatic rings. The first-order valence-corrected chi connectivity index (χ1v) is 9.62. The zero-order valence-corrected chi connectivity index (χ0v) is 16.4. The fraction of sp³-hybridized carbons (Fsp3) is 0.125. The second-order valence-corrected chi connectivity index (χ2v) is 6.99. The Morgan fingerprint density at radius 3 is 2.39 bits per heavy atom. The fourth-order valence-electron chi connectivity index (χ4n) is 3.25. The van der Waals surface area contributed by atoms with Gasteiger partial charge in [0.05, 0.1) is 29.3 Å². The number of nitrogens with zero attached hydrogens (tertiary/aromatic N) is 3. The van der Waals surface area contributed by atoms with Crippen molar-refractivity contribution in [3.05, 3.63) is 94.5 Å². The molecule has 6 nitrogen and oxygen atoms in total. The number of benzene rings is 3. The maximum atomic E-state index is 13.4. The average Bonchev–Trinajstić information content (AvgIpc) is 2.80. The van der Waals surface area contributed by atoms with Gasteiger partial charge in [-0.05, 0) is 54.6 Å². The third-order valence-corrected chi connectivity index (χ3v) is 4.79. The van der Waals surface area contributed by atoms with E-state index in [-0.39, 0.29) is 24.5 Å². The molecule has 0 saturated carbocycles. The van der Waals surface area contributed by atoms with Gasteiger partial charge in [-0.25, -0.2) is 9.07 Å². The van der Waals surface area contributed by atoms with Crippen LogP contribution in [0.2, 0.25) is 0 Å². The van der Waals surface area contributed by atoms with E-state index in [0.29, 0.717) is 33.3 Å². The molecule has 1 atom stereocenters. The van der Waals surface area contributed by atoms with Crippen molar-refractivity contribution < 1.29 is 14.2 Å². The number of nitriles is 1. The number of halogens is 1. The zero-order valence-electron chi connectivity index (χ0n) is 16.4. The van der Waals surface area contributed by atoms with E-state index in [1.54, 1.807) is 60.7 Å². The second-order valence-electron chi connectivity index (χ2n) is 6.99. The molecule has 154 valence electrons. The maximum absolute atomic E-state index is 13.4. The van der Waals surface area contributed by atoms with Gasteiger partial charge in [-0.2, -0.15) is 10.4 Å². The van der Waals surface area contributed by atoms with Gasteiger partial charge in [0.2, 0.25) is 0 Å². The predicted octanol–water partition coefficient (Wildman–Crippen LogP) is 3.51. The molecule has 0 fully saturated rings. The first-order valence-electron chi connectivity index (χ1n) is 9.62. The van der Waals surface area contributed by atoms with Crippen LogP contribution in [0.3, 0.4) is 0 Å². The molecule has 0 aliphatic carbocycles. The predicted molar refractivity (Wildman–Crippen MR) is 114 cm³/mol. The van der Waals surface area contributed by atoms with Crippen LogP contribution in [0, 0.1) is 17.1 Å². The van der Waals surface area contributed by atoms with Gasteiger partial charge in [-0.3, -0.25) is 4.79 Å². The minimum atomic E-state index is -0.997. The van der Waals surface area contributed by atoms with E-state index >= 15 is 0 Å². The lowest BCUT2D eigenvalue weighted by molar-refractivity contribution is 0.0882. The Morgan fingerprint density at radius 1 is 1.03 bits per heavy atom. The van der Waals surface area contributed by atoms with Crippen molar-refractivity contribution in [2.75, 3.05) is 6.61 Å². The summed E-state index contributed by atoms with van der Waals surface area (Å²) < 4.78 is 20.1. The van der Waals surface area contributed by atoms with Gasteiger partial charge in [0, 0.05) is 10.9 Å². The summed E-state index contributed by atoms with van der Waals surface area (Å²) in [7, 11) is 0. The Morgan fingerprint density at radius 2 is 1.71 bits per heavy atom. The number of aliphatic hydroxyl groups excluding tert-OH is 1. The van der Waals surface area contributed by atoms with E-state index in [9.17, 15) is 14.3 Å². The highest BCUT2D eigenvalue weighted by atomic mass is 19.1. The molecule has 31 heavy (non-hydrogen) atoms. The maximum Gasteiger partial charge on any atom is 0.274 e. The fourth-order valence-corrected chi connectivity index (χ4v) is 3.25. The Bertz CT molecular complexity index is 1310. The zero-order chi connectivity index (χ0) is 21.8. The molecule has 0 saturated heterocycles. The van der Waals surface area contributed by atoms with Crippen molar-refractivity contribution in [1.29, 1.82) is 5.26 Å². The van der Waals surface area contributed by atoms with Crippen molar-refractivity contribution in [3.63, 3.8) is 0 Å². The van der Waals surface area contributed by atoms with E-state index in [1.807, 2.05) is 6.07 Å². The van der Waals surface area contributed by atoms with Crippen LogP contribution in [0.5, 0.6) is 5.75 Å². The summed E-state index contributed by atoms with van der Waals surface area (Å²) in [5.41, 5.74) is 1.36. The highest BCUT2D eigenvalue weighted by Crippen LogP contribution is 2.24. The highest BCUT2D eigenvalue weighted by Gasteiger charge is 2.15. The van der Waals surface area contributed by atoms with Gasteiger partial charge >= 0.3 is 0 Å². The molecule has 0 aliphatic heterocycles. The summed E-state index contributed by atoms with van der Waals surface area (Å²) in [5.74, 6) is 0.139. The Labute approximate surface area is 177 Å². The average molecular weight is 415 g/mol. The lowest BCUT2D eigenvalue weighted by atomic mass is 10.1. The number of aromatic nitrogens is 2. The van der Waals surface area contributed by atoms with Crippen LogP contribution in [0.1, 0.15) is 5.56 Å². The largest absolute Gasteiger partial charge is 0.491 e. The van der Waals surface area contributed by atoms with E-state index in [4.69, 9.17) is 10.00 Å². The summed E-state index contributed by atoms with van der Waals surface area (Å²) in [6.07, 6.45) is -0.997. The lowest BCUT2D eigenvalue weighted by Crippen LogP contribution is -2.32. The van der Waals surface area contributed by atoms with Gasteiger partial charge in [0.25, 0.3) is 5.56 Å². The van der Waals surface area contributed by atoms with Crippen molar-refractivity contribution >= 4 is 10.8 Å². The third-order valence-electron chi connectivity index (χ3n) is 4.79. The third kappa shape index (κ3) is 4.44. The van der Waals surface area contributed by atoms with Gasteiger partial charge in [-0.1, -0.05) is 18.2 Å². The van der Waals surface area contributed by atoms with E-state index in [1.165, 1.54) is 16.8 Å². The molecule has 1 unspecified atom stereocenters. The molecule has 1 heterocycles. The van der Waals surface area contributed by atoms with Gasteiger partial charge < -0.3 is 9.84 Å². The topological polar surface area (TPSA) is 88.1 Å². The molecule has 4 aromatic rings. The van der Waals surface area contributed by atoms with Gasteiger partial charge in [-0.15, -0.1) is 0 Å². The standard InChI is InChI=1S/C24H18FN3O3/c25-18-9-7-17(8-10-18)23-21-3-1-2-4-22(21)24(30)28(27-23)14-19(29)15-31-20-11-5-16(13-26)6-12-20/h1-12,19,29H,14-15H2. The quantitative estimate of drug-likeness (QED) is 0.521. The summed E-state index contributed by atoms with van der Waals surface area (Å²) in [6, 6.07) is 21.5. The van der Waals surface area contributed by atoms with Crippen molar-refractivity contribution in [1.82, 2.24) is 9.78 Å². The first-order chi connectivity index (χ1) is 15.0. The molecule has 3 aromatic carbocycles. The molecular weight excluding hydrogens is 397 g/mol. The first kappa shape index (κ1) is 20.3. The molecular formula is C24H18FN3O3. The Hall–Kier alpha value is -4.02. The summed E-state index contributed by atoms with van der Waals surface area (Å²) in [6.45, 7) is -0.132. The summed E-state index contributed by atoms with van der Waals surface area (Å²) in [4.78, 5) is 12.9. The van der Waals surface area contributed by atoms with Crippen molar-refractivity contribution in [2.45, 2.75) is 12.6 Å². The Balaban J connectivity index is 1.61. The SMILES string of the molecule is N#Cc1ccc(OCC(O)Cn2nc(-c3ccc(F)cc3)c3ccccc3c2=O)cc1. The van der Waals surface area contributed by atoms with Crippen LogP contribution in [0.25, 0.3) is 22.0 Å². The molecule has 1 N–H and O–H groups in total. The second kappa shape index (κ2) is 8.78. The van der Waals surface area contributed by atoms with Gasteiger partial charge in [0.1, 0.15) is 24.3 Å². The lowest BCUT2D eigenvalue weighted by Gasteiger charge is -2.15. The number of hydrogen-bond acceptors (Lipinski definition) is 5. The van der Waals surface area contributed by atoms with E-state index in [0.717, 1.165) is 0 Å². The minimum Gasteiger partial charge on any atom is -0.491 e. The summed E-state index contributed by atoms with van der Waals surface area (Å²) in [5, 5.41) is 24.8. The number of aliphatic hydroxyl groups is 1. The smallest absolute Gasteiger partial charge is 0.274 e. The number of rotatable bonds is 6. The molecule has 0 radical (unpaired) electrons. The minimum absolute atomic E-state index is 0.0568. The van der Waals surface area contributed by atoms with Crippen molar-refractivity contribution in [3.8, 4) is 23.1 Å². The van der Waals surface area contributed by atoms with Crippen LogP contribution in [-0.4, -0.2) is 27.6 Å². The molecule has 7 heteroatoms. The highest BCUT2D eigenvalue weighted by molar-refractivity contribution is 5.93.